The number of nitrogens with two attached hydrogens (primary N) is 1. The maximum Gasteiger partial charge on any atom is 0.234 e. The van der Waals surface area contributed by atoms with E-state index in [1.54, 1.807) is 0 Å². The van der Waals surface area contributed by atoms with Crippen LogP contribution in [0.4, 0.5) is 5.69 Å². The first-order valence-corrected chi connectivity index (χ1v) is 8.80. The summed E-state index contributed by atoms with van der Waals surface area (Å²) in [4.78, 5) is 12.2. The van der Waals surface area contributed by atoms with Crippen LogP contribution >= 0.6 is 11.8 Å². The minimum atomic E-state index is -0.0602. The molecular weight excluding hydrogens is 310 g/mol. The summed E-state index contributed by atoms with van der Waals surface area (Å²) < 4.78 is 1.51. The van der Waals surface area contributed by atoms with Gasteiger partial charge in [0.1, 0.15) is 0 Å². The molecule has 0 atom stereocenters. The standard InChI is InChI=1S/C16H21N5OS/c1-3-11-6-4-5-10(2)14(11)18-13(22)9-23-16-20-19-15(21(16)17)12-7-8-12/h4-6,12H,3,7-9,17H2,1-2H3,(H,18,22). The molecule has 0 aliphatic heterocycles. The number of carbonyl (C=O) groups excluding carboxylic acids is 1. The lowest BCUT2D eigenvalue weighted by Gasteiger charge is -2.12. The van der Waals surface area contributed by atoms with Gasteiger partial charge >= 0.3 is 0 Å². The highest BCUT2D eigenvalue weighted by Gasteiger charge is 2.30. The van der Waals surface area contributed by atoms with Crippen molar-refractivity contribution in [2.75, 3.05) is 16.9 Å². The van der Waals surface area contributed by atoms with E-state index in [1.165, 1.54) is 16.4 Å². The minimum absolute atomic E-state index is 0.0602. The zero-order chi connectivity index (χ0) is 16.4. The Morgan fingerprint density at radius 2 is 2.22 bits per heavy atom. The van der Waals surface area contributed by atoms with Crippen molar-refractivity contribution in [1.29, 1.82) is 0 Å². The number of carbonyl (C=O) groups is 1. The van der Waals surface area contributed by atoms with Crippen LogP contribution in [-0.4, -0.2) is 26.5 Å². The topological polar surface area (TPSA) is 85.8 Å². The molecule has 122 valence electrons. The number of aromatic nitrogens is 3. The number of aryl methyl sites for hydroxylation is 2. The second-order valence-electron chi connectivity index (χ2n) is 5.78. The summed E-state index contributed by atoms with van der Waals surface area (Å²) in [7, 11) is 0. The fourth-order valence-electron chi connectivity index (χ4n) is 2.51. The summed E-state index contributed by atoms with van der Waals surface area (Å²) in [6, 6.07) is 6.05. The quantitative estimate of drug-likeness (QED) is 0.627. The van der Waals surface area contributed by atoms with Crippen LogP contribution in [0.2, 0.25) is 0 Å². The fourth-order valence-corrected chi connectivity index (χ4v) is 3.18. The third kappa shape index (κ3) is 3.50. The number of nitrogen functional groups attached to an aromatic ring is 1. The number of nitrogens with one attached hydrogen (secondary N) is 1. The van der Waals surface area contributed by atoms with E-state index in [0.717, 1.165) is 41.9 Å². The van der Waals surface area contributed by atoms with Gasteiger partial charge < -0.3 is 11.2 Å². The van der Waals surface area contributed by atoms with Gasteiger partial charge in [-0.3, -0.25) is 4.79 Å². The third-order valence-corrected chi connectivity index (χ3v) is 4.91. The Morgan fingerprint density at radius 1 is 1.43 bits per heavy atom. The van der Waals surface area contributed by atoms with Gasteiger partial charge in [-0.15, -0.1) is 10.2 Å². The van der Waals surface area contributed by atoms with Crippen molar-refractivity contribution in [3.05, 3.63) is 35.2 Å². The van der Waals surface area contributed by atoms with Crippen LogP contribution in [0, 0.1) is 6.92 Å². The maximum atomic E-state index is 12.2. The smallest absolute Gasteiger partial charge is 0.234 e. The summed E-state index contributed by atoms with van der Waals surface area (Å²) in [5, 5.41) is 11.8. The molecule has 0 radical (unpaired) electrons. The van der Waals surface area contributed by atoms with Crippen LogP contribution in [0.25, 0.3) is 0 Å². The van der Waals surface area contributed by atoms with Gasteiger partial charge in [0.25, 0.3) is 0 Å². The van der Waals surface area contributed by atoms with Crippen molar-refractivity contribution in [3.8, 4) is 0 Å². The third-order valence-electron chi connectivity index (χ3n) is 3.97. The second-order valence-corrected chi connectivity index (χ2v) is 6.73. The Balaban J connectivity index is 1.62. The molecule has 7 heteroatoms. The molecule has 2 aromatic rings. The van der Waals surface area contributed by atoms with E-state index in [2.05, 4.69) is 22.4 Å². The average molecular weight is 331 g/mol. The van der Waals surface area contributed by atoms with E-state index < -0.39 is 0 Å². The monoisotopic (exact) mass is 331 g/mol. The lowest BCUT2D eigenvalue weighted by atomic mass is 10.1. The molecule has 1 saturated carbocycles. The normalized spacial score (nSPS) is 14.0. The molecule has 1 aromatic carbocycles. The first-order chi connectivity index (χ1) is 11.1. The Bertz CT molecular complexity index is 723. The number of para-hydroxylation sites is 1. The molecule has 1 aliphatic rings. The van der Waals surface area contributed by atoms with Gasteiger partial charge in [0.15, 0.2) is 5.82 Å². The lowest BCUT2D eigenvalue weighted by molar-refractivity contribution is -0.113. The largest absolute Gasteiger partial charge is 0.336 e. The molecule has 1 fully saturated rings. The fraction of sp³-hybridized carbons (Fsp3) is 0.438. The van der Waals surface area contributed by atoms with Gasteiger partial charge in [-0.2, -0.15) is 0 Å². The van der Waals surface area contributed by atoms with Crippen molar-refractivity contribution in [1.82, 2.24) is 14.9 Å². The molecule has 3 N–H and O–H groups in total. The van der Waals surface area contributed by atoms with E-state index in [9.17, 15) is 4.79 Å². The van der Waals surface area contributed by atoms with Gasteiger partial charge in [0.2, 0.25) is 11.1 Å². The molecular formula is C16H21N5OS. The summed E-state index contributed by atoms with van der Waals surface area (Å²) >= 11 is 1.31. The van der Waals surface area contributed by atoms with Gasteiger partial charge in [-0.05, 0) is 37.3 Å². The SMILES string of the molecule is CCc1cccc(C)c1NC(=O)CSc1nnc(C2CC2)n1N. The lowest BCUT2D eigenvalue weighted by Crippen LogP contribution is -2.18. The molecule has 0 spiro atoms. The van der Waals surface area contributed by atoms with Crippen LogP contribution in [0.1, 0.15) is 42.6 Å². The highest BCUT2D eigenvalue weighted by molar-refractivity contribution is 7.99. The predicted molar refractivity (Wildman–Crippen MR) is 92.1 cm³/mol. The number of thioether (sulfide) groups is 1. The summed E-state index contributed by atoms with van der Waals surface area (Å²) in [5.74, 6) is 7.45. The molecule has 1 amide bonds. The van der Waals surface area contributed by atoms with Gasteiger partial charge in [0, 0.05) is 11.6 Å². The van der Waals surface area contributed by atoms with Gasteiger partial charge in [-0.25, -0.2) is 4.68 Å². The van der Waals surface area contributed by atoms with Crippen molar-refractivity contribution in [2.24, 2.45) is 0 Å². The highest BCUT2D eigenvalue weighted by Crippen LogP contribution is 2.39. The summed E-state index contributed by atoms with van der Waals surface area (Å²) in [6.07, 6.45) is 3.12. The van der Waals surface area contributed by atoms with Crippen LogP contribution in [0.15, 0.2) is 23.4 Å². The Kier molecular flexibility index (Phi) is 4.56. The zero-order valence-corrected chi connectivity index (χ0v) is 14.2. The Labute approximate surface area is 139 Å². The zero-order valence-electron chi connectivity index (χ0n) is 13.4. The molecule has 0 bridgehead atoms. The second kappa shape index (κ2) is 6.62. The average Bonchev–Trinajstić information content (AvgIpc) is 3.31. The molecule has 0 unspecified atom stereocenters. The summed E-state index contributed by atoms with van der Waals surface area (Å²) in [6.45, 7) is 4.08. The van der Waals surface area contributed by atoms with Crippen LogP contribution in [0.3, 0.4) is 0 Å². The van der Waals surface area contributed by atoms with Crippen molar-refractivity contribution in [3.63, 3.8) is 0 Å². The van der Waals surface area contributed by atoms with E-state index >= 15 is 0 Å². The van der Waals surface area contributed by atoms with E-state index in [-0.39, 0.29) is 11.7 Å². The number of hydrogen-bond donors (Lipinski definition) is 2. The maximum absolute atomic E-state index is 12.2. The number of hydrogen-bond acceptors (Lipinski definition) is 5. The molecule has 1 aliphatic carbocycles. The van der Waals surface area contributed by atoms with Crippen LogP contribution < -0.4 is 11.2 Å². The number of amides is 1. The molecule has 0 saturated heterocycles. The van der Waals surface area contributed by atoms with Crippen LogP contribution in [-0.2, 0) is 11.2 Å². The molecule has 6 nitrogen and oxygen atoms in total. The number of anilines is 1. The first-order valence-electron chi connectivity index (χ1n) is 7.81. The number of nitrogens with zero attached hydrogens (tertiary/aromatic N) is 3. The first kappa shape index (κ1) is 15.9. The van der Waals surface area contributed by atoms with E-state index in [1.807, 2.05) is 25.1 Å². The van der Waals surface area contributed by atoms with E-state index in [4.69, 9.17) is 5.84 Å². The number of rotatable bonds is 6. The highest BCUT2D eigenvalue weighted by atomic mass is 32.2. The van der Waals surface area contributed by atoms with Crippen LogP contribution in [0.5, 0.6) is 0 Å². The summed E-state index contributed by atoms with van der Waals surface area (Å²) in [5.41, 5.74) is 3.12. The van der Waals surface area contributed by atoms with Gasteiger partial charge in [0.05, 0.1) is 5.75 Å². The van der Waals surface area contributed by atoms with Gasteiger partial charge in [-0.1, -0.05) is 36.9 Å². The van der Waals surface area contributed by atoms with Crippen molar-refractivity contribution in [2.45, 2.75) is 44.2 Å². The van der Waals surface area contributed by atoms with Crippen molar-refractivity contribution < 1.29 is 4.79 Å². The molecule has 23 heavy (non-hydrogen) atoms. The van der Waals surface area contributed by atoms with Crippen molar-refractivity contribution >= 4 is 23.4 Å². The Morgan fingerprint density at radius 3 is 2.91 bits per heavy atom. The number of benzene rings is 1. The Hall–Kier alpha value is -2.02. The molecule has 1 aromatic heterocycles. The molecule has 1 heterocycles. The molecule has 3 rings (SSSR count). The minimum Gasteiger partial charge on any atom is -0.336 e. The van der Waals surface area contributed by atoms with E-state index in [0.29, 0.717) is 11.1 Å². The predicted octanol–water partition coefficient (Wildman–Crippen LogP) is 2.47.